The number of carbonyl (C=O) groups excluding carboxylic acids is 2. The summed E-state index contributed by atoms with van der Waals surface area (Å²) in [6.07, 6.45) is 3.24. The van der Waals surface area contributed by atoms with Crippen LogP contribution in [0.5, 0.6) is 0 Å². The first kappa shape index (κ1) is 18.6. The van der Waals surface area contributed by atoms with E-state index in [1.165, 1.54) is 16.4 Å². The van der Waals surface area contributed by atoms with Crippen LogP contribution in [-0.2, 0) is 26.0 Å². The lowest BCUT2D eigenvalue weighted by molar-refractivity contribution is -0.117. The number of piperidine rings is 1. The lowest BCUT2D eigenvalue weighted by Crippen LogP contribution is -2.50. The summed E-state index contributed by atoms with van der Waals surface area (Å²) in [5, 5.41) is 5.60. The lowest BCUT2D eigenvalue weighted by atomic mass is 10.0. The van der Waals surface area contributed by atoms with Crippen molar-refractivity contribution >= 4 is 27.5 Å². The fourth-order valence-corrected chi connectivity index (χ4v) is 5.26. The van der Waals surface area contributed by atoms with Crippen LogP contribution in [0.4, 0.5) is 5.69 Å². The average molecular weight is 377 g/mol. The monoisotopic (exact) mass is 377 g/mol. The van der Waals surface area contributed by atoms with Gasteiger partial charge in [-0.2, -0.15) is 4.31 Å². The van der Waals surface area contributed by atoms with E-state index in [4.69, 9.17) is 0 Å². The van der Waals surface area contributed by atoms with Gasteiger partial charge in [0, 0.05) is 30.7 Å². The van der Waals surface area contributed by atoms with E-state index < -0.39 is 10.0 Å². The normalized spacial score (nSPS) is 23.7. The highest BCUT2D eigenvalue weighted by atomic mass is 32.2. The molecule has 140 valence electrons. The van der Waals surface area contributed by atoms with Crippen LogP contribution in [0.25, 0.3) is 0 Å². The van der Waals surface area contributed by atoms with E-state index in [0.717, 1.165) is 5.56 Å². The van der Waals surface area contributed by atoms with Gasteiger partial charge in [-0.1, -0.05) is 6.58 Å². The van der Waals surface area contributed by atoms with Gasteiger partial charge in [0.1, 0.15) is 0 Å². The van der Waals surface area contributed by atoms with Crippen LogP contribution in [0.15, 0.2) is 35.7 Å². The number of hydrogen-bond acceptors (Lipinski definition) is 4. The molecule has 1 aromatic carbocycles. The molecule has 0 aliphatic carbocycles. The largest absolute Gasteiger partial charge is 0.350 e. The Morgan fingerprint density at radius 1 is 1.38 bits per heavy atom. The van der Waals surface area contributed by atoms with Gasteiger partial charge >= 0.3 is 0 Å². The first-order valence-corrected chi connectivity index (χ1v) is 10.1. The predicted molar refractivity (Wildman–Crippen MR) is 98.1 cm³/mol. The third-order valence-corrected chi connectivity index (χ3v) is 6.94. The van der Waals surface area contributed by atoms with Crippen LogP contribution in [0.3, 0.4) is 0 Å². The number of amides is 2. The Balaban J connectivity index is 1.77. The minimum absolute atomic E-state index is 0.0506. The van der Waals surface area contributed by atoms with Gasteiger partial charge < -0.3 is 10.6 Å². The molecule has 2 unspecified atom stereocenters. The molecule has 2 N–H and O–H groups in total. The standard InChI is InChI=1S/C18H23N3O4S/c1-3-17(22)19-14-8-9-21(12(2)10-14)26(24,25)15-5-6-16-13(11-15)4-7-18(23)20-16/h3,5-6,11-12,14H,1,4,7-10H2,2H3,(H,19,22)(H,20,23). The number of fused-ring (bicyclic) bond motifs is 1. The van der Waals surface area contributed by atoms with E-state index in [0.29, 0.717) is 37.9 Å². The molecule has 0 radical (unpaired) electrons. The molecule has 8 heteroatoms. The minimum Gasteiger partial charge on any atom is -0.350 e. The van der Waals surface area contributed by atoms with Crippen molar-refractivity contribution in [3.05, 3.63) is 36.4 Å². The number of aryl methyl sites for hydroxylation is 1. The van der Waals surface area contributed by atoms with Crippen molar-refractivity contribution in [2.75, 3.05) is 11.9 Å². The summed E-state index contributed by atoms with van der Waals surface area (Å²) >= 11 is 0. The number of carbonyl (C=O) groups is 2. The molecule has 1 aromatic rings. The maximum atomic E-state index is 13.1. The number of hydrogen-bond donors (Lipinski definition) is 2. The number of benzene rings is 1. The van der Waals surface area contributed by atoms with Crippen molar-refractivity contribution in [3.63, 3.8) is 0 Å². The number of sulfonamides is 1. The molecule has 2 atom stereocenters. The van der Waals surface area contributed by atoms with E-state index in [9.17, 15) is 18.0 Å². The highest BCUT2D eigenvalue weighted by Gasteiger charge is 2.35. The molecule has 2 aliphatic heterocycles. The molecule has 0 aromatic heterocycles. The molecular formula is C18H23N3O4S. The zero-order chi connectivity index (χ0) is 18.9. The minimum atomic E-state index is -3.63. The molecule has 1 saturated heterocycles. The second-order valence-corrected chi connectivity index (χ2v) is 8.66. The van der Waals surface area contributed by atoms with Gasteiger partial charge in [-0.15, -0.1) is 0 Å². The topological polar surface area (TPSA) is 95.6 Å². The van der Waals surface area contributed by atoms with E-state index in [1.807, 2.05) is 6.92 Å². The van der Waals surface area contributed by atoms with Gasteiger partial charge in [-0.3, -0.25) is 9.59 Å². The zero-order valence-corrected chi connectivity index (χ0v) is 15.5. The van der Waals surface area contributed by atoms with Crippen molar-refractivity contribution in [3.8, 4) is 0 Å². The molecule has 2 heterocycles. The predicted octanol–water partition coefficient (Wildman–Crippen LogP) is 1.42. The van der Waals surface area contributed by atoms with Crippen LogP contribution in [0, 0.1) is 0 Å². The lowest BCUT2D eigenvalue weighted by Gasteiger charge is -2.37. The number of anilines is 1. The van der Waals surface area contributed by atoms with Gasteiger partial charge in [0.25, 0.3) is 0 Å². The molecule has 7 nitrogen and oxygen atoms in total. The summed E-state index contributed by atoms with van der Waals surface area (Å²) < 4.78 is 27.6. The third kappa shape index (κ3) is 3.66. The first-order chi connectivity index (χ1) is 12.3. The van der Waals surface area contributed by atoms with Gasteiger partial charge in [-0.05, 0) is 56.0 Å². The van der Waals surface area contributed by atoms with Gasteiger partial charge in [0.2, 0.25) is 21.8 Å². The smallest absolute Gasteiger partial charge is 0.243 e. The van der Waals surface area contributed by atoms with Crippen molar-refractivity contribution in [2.45, 2.75) is 49.6 Å². The van der Waals surface area contributed by atoms with Crippen LogP contribution >= 0.6 is 0 Å². The Morgan fingerprint density at radius 3 is 2.85 bits per heavy atom. The third-order valence-electron chi connectivity index (χ3n) is 4.93. The second-order valence-electron chi connectivity index (χ2n) is 6.77. The number of nitrogens with one attached hydrogen (secondary N) is 2. The van der Waals surface area contributed by atoms with Gasteiger partial charge in [0.15, 0.2) is 0 Å². The zero-order valence-electron chi connectivity index (χ0n) is 14.7. The Labute approximate surface area is 153 Å². The van der Waals surface area contributed by atoms with Crippen LogP contribution < -0.4 is 10.6 Å². The van der Waals surface area contributed by atoms with E-state index in [-0.39, 0.29) is 28.8 Å². The SMILES string of the molecule is C=CC(=O)NC1CCN(S(=O)(=O)c2ccc3c(c2)CCC(=O)N3)C(C)C1. The first-order valence-electron chi connectivity index (χ1n) is 8.69. The Kier molecular flexibility index (Phi) is 5.15. The molecule has 0 bridgehead atoms. The van der Waals surface area contributed by atoms with Gasteiger partial charge in [-0.25, -0.2) is 8.42 Å². The molecule has 2 amide bonds. The number of nitrogens with zero attached hydrogens (tertiary/aromatic N) is 1. The molecule has 2 aliphatic rings. The summed E-state index contributed by atoms with van der Waals surface area (Å²) in [4.78, 5) is 23.2. The van der Waals surface area contributed by atoms with E-state index in [1.54, 1.807) is 12.1 Å². The molecule has 0 saturated carbocycles. The summed E-state index contributed by atoms with van der Waals surface area (Å²) in [6.45, 7) is 5.63. The second kappa shape index (κ2) is 7.20. The van der Waals surface area contributed by atoms with E-state index >= 15 is 0 Å². The van der Waals surface area contributed by atoms with Crippen molar-refractivity contribution in [1.82, 2.24) is 9.62 Å². The van der Waals surface area contributed by atoms with Crippen LogP contribution in [0.1, 0.15) is 31.7 Å². The average Bonchev–Trinajstić information content (AvgIpc) is 2.60. The Bertz CT molecular complexity index is 850. The Hall–Kier alpha value is -2.19. The van der Waals surface area contributed by atoms with Gasteiger partial charge in [0.05, 0.1) is 4.90 Å². The highest BCUT2D eigenvalue weighted by Crippen LogP contribution is 2.30. The van der Waals surface area contributed by atoms with Crippen molar-refractivity contribution in [2.24, 2.45) is 0 Å². The molecule has 26 heavy (non-hydrogen) atoms. The van der Waals surface area contributed by atoms with Crippen molar-refractivity contribution < 1.29 is 18.0 Å². The maximum Gasteiger partial charge on any atom is 0.243 e. The quantitative estimate of drug-likeness (QED) is 0.776. The number of rotatable bonds is 4. The van der Waals surface area contributed by atoms with E-state index in [2.05, 4.69) is 17.2 Å². The fraction of sp³-hybridized carbons (Fsp3) is 0.444. The van der Waals surface area contributed by atoms with Crippen LogP contribution in [-0.4, -0.2) is 43.2 Å². The molecule has 0 spiro atoms. The fourth-order valence-electron chi connectivity index (χ4n) is 3.55. The molecule has 3 rings (SSSR count). The van der Waals surface area contributed by atoms with Crippen LogP contribution in [0.2, 0.25) is 0 Å². The summed E-state index contributed by atoms with van der Waals surface area (Å²) in [5.41, 5.74) is 1.52. The maximum absolute atomic E-state index is 13.1. The molecule has 1 fully saturated rings. The van der Waals surface area contributed by atoms with Crippen molar-refractivity contribution in [1.29, 1.82) is 0 Å². The summed E-state index contributed by atoms with van der Waals surface area (Å²) in [6, 6.07) is 4.57. The molecular weight excluding hydrogens is 354 g/mol. The summed E-state index contributed by atoms with van der Waals surface area (Å²) in [5.74, 6) is -0.291. The highest BCUT2D eigenvalue weighted by molar-refractivity contribution is 7.89. The summed E-state index contributed by atoms with van der Waals surface area (Å²) in [7, 11) is -3.63. The Morgan fingerprint density at radius 2 is 2.15 bits per heavy atom.